The highest BCUT2D eigenvalue weighted by atomic mass is 19.3. The summed E-state index contributed by atoms with van der Waals surface area (Å²) in [5, 5.41) is 14.9. The van der Waals surface area contributed by atoms with Crippen LogP contribution < -0.4 is 15.5 Å². The summed E-state index contributed by atoms with van der Waals surface area (Å²) >= 11 is 0. The van der Waals surface area contributed by atoms with Gasteiger partial charge in [0.25, 0.3) is 5.92 Å². The van der Waals surface area contributed by atoms with Crippen LogP contribution >= 0.6 is 0 Å². The quantitative estimate of drug-likeness (QED) is 0.428. The highest BCUT2D eigenvalue weighted by Gasteiger charge is 2.43. The summed E-state index contributed by atoms with van der Waals surface area (Å²) in [6.45, 7) is 3.09. The van der Waals surface area contributed by atoms with Crippen LogP contribution in [0.3, 0.4) is 0 Å². The molecule has 0 radical (unpaired) electrons. The zero-order valence-electron chi connectivity index (χ0n) is 18.5. The number of dihydropyridines is 1. The predicted molar refractivity (Wildman–Crippen MR) is 126 cm³/mol. The summed E-state index contributed by atoms with van der Waals surface area (Å²) in [7, 11) is 0. The van der Waals surface area contributed by atoms with E-state index in [1.807, 2.05) is 42.5 Å². The number of nitrogens with zero attached hydrogens (tertiary/aromatic N) is 1. The van der Waals surface area contributed by atoms with Crippen LogP contribution in [0.2, 0.25) is 0 Å². The molecule has 2 aliphatic rings. The van der Waals surface area contributed by atoms with Gasteiger partial charge in [0.2, 0.25) is 0 Å². The number of rotatable bonds is 7. The zero-order chi connectivity index (χ0) is 23.6. The van der Waals surface area contributed by atoms with Gasteiger partial charge in [-0.15, -0.1) is 0 Å². The summed E-state index contributed by atoms with van der Waals surface area (Å²) in [6.07, 6.45) is 1.74. The zero-order valence-corrected chi connectivity index (χ0v) is 18.5. The summed E-state index contributed by atoms with van der Waals surface area (Å²) in [4.78, 5) is 14.2. The molecule has 4 rings (SSSR count). The third kappa shape index (κ3) is 4.89. The van der Waals surface area contributed by atoms with Crippen molar-refractivity contribution in [1.29, 1.82) is 5.41 Å². The van der Waals surface area contributed by atoms with E-state index < -0.39 is 17.9 Å². The Kier molecular flexibility index (Phi) is 6.18. The highest BCUT2D eigenvalue weighted by Crippen LogP contribution is 2.35. The maximum Gasteiger partial charge on any atom is 0.332 e. The molecular weight excluding hydrogens is 426 g/mol. The van der Waals surface area contributed by atoms with Crippen LogP contribution in [0, 0.1) is 5.41 Å². The Morgan fingerprint density at radius 3 is 2.42 bits per heavy atom. The first kappa shape index (κ1) is 22.5. The molecule has 0 saturated carbocycles. The molecule has 1 saturated heterocycles. The van der Waals surface area contributed by atoms with E-state index in [0.29, 0.717) is 28.4 Å². The number of benzene rings is 2. The monoisotopic (exact) mass is 452 g/mol. The number of hydrogen-bond acceptors (Lipinski definition) is 6. The molecule has 33 heavy (non-hydrogen) atoms. The van der Waals surface area contributed by atoms with Crippen LogP contribution in [0.25, 0.3) is 5.57 Å². The lowest BCUT2D eigenvalue weighted by Gasteiger charge is -2.40. The van der Waals surface area contributed by atoms with Gasteiger partial charge in [0, 0.05) is 22.7 Å². The topological polar surface area (TPSA) is 77.5 Å². The second-order valence-electron chi connectivity index (χ2n) is 8.08. The second-order valence-corrected chi connectivity index (χ2v) is 8.08. The maximum absolute atomic E-state index is 13.2. The molecule has 6 nitrogen and oxygen atoms in total. The van der Waals surface area contributed by atoms with Gasteiger partial charge in [-0.1, -0.05) is 30.3 Å². The number of carbonyl (C=O) groups is 1. The normalized spacial score (nSPS) is 19.2. The number of anilines is 2. The molecule has 2 heterocycles. The molecule has 1 unspecified atom stereocenters. The number of allylic oxidation sites excluding steroid dienone is 2. The van der Waals surface area contributed by atoms with E-state index in [1.165, 1.54) is 0 Å². The molecule has 3 N–H and O–H groups in total. The number of esters is 1. The summed E-state index contributed by atoms with van der Waals surface area (Å²) in [5.74, 6) is -2.55. The van der Waals surface area contributed by atoms with Crippen LogP contribution in [0.4, 0.5) is 20.2 Å². The molecule has 0 aliphatic carbocycles. The van der Waals surface area contributed by atoms with Gasteiger partial charge in [-0.2, -0.15) is 0 Å². The molecule has 0 bridgehead atoms. The van der Waals surface area contributed by atoms with Gasteiger partial charge in [0.15, 0.2) is 0 Å². The van der Waals surface area contributed by atoms with Crippen LogP contribution in [-0.4, -0.2) is 43.3 Å². The molecular formula is C25H26F2N4O2. The lowest BCUT2D eigenvalue weighted by atomic mass is 9.90. The average Bonchev–Trinajstić information content (AvgIpc) is 2.77. The lowest BCUT2D eigenvalue weighted by Crippen LogP contribution is -2.56. The van der Waals surface area contributed by atoms with E-state index in [0.717, 1.165) is 11.3 Å². The van der Waals surface area contributed by atoms with Crippen molar-refractivity contribution >= 4 is 28.6 Å². The minimum absolute atomic E-state index is 0.247. The van der Waals surface area contributed by atoms with Crippen molar-refractivity contribution in [1.82, 2.24) is 5.32 Å². The average molecular weight is 453 g/mol. The molecule has 2 aliphatic heterocycles. The minimum atomic E-state index is -2.64. The Labute approximate surface area is 191 Å². The maximum atomic E-state index is 13.2. The van der Waals surface area contributed by atoms with Gasteiger partial charge in [-0.25, -0.2) is 13.6 Å². The van der Waals surface area contributed by atoms with Crippen LogP contribution in [-0.2, 0) is 9.53 Å². The fourth-order valence-corrected chi connectivity index (χ4v) is 3.95. The highest BCUT2D eigenvalue weighted by molar-refractivity contribution is 6.12. The van der Waals surface area contributed by atoms with E-state index >= 15 is 0 Å². The molecule has 0 spiro atoms. The van der Waals surface area contributed by atoms with Crippen molar-refractivity contribution in [2.24, 2.45) is 0 Å². The summed E-state index contributed by atoms with van der Waals surface area (Å²) in [6, 6.07) is 15.9. The first-order valence-corrected chi connectivity index (χ1v) is 10.8. The van der Waals surface area contributed by atoms with Crippen LogP contribution in [0.15, 0.2) is 72.1 Å². The summed E-state index contributed by atoms with van der Waals surface area (Å²) in [5.41, 5.74) is 3.90. The van der Waals surface area contributed by atoms with E-state index in [1.54, 1.807) is 37.0 Å². The van der Waals surface area contributed by atoms with Gasteiger partial charge < -0.3 is 25.7 Å². The Morgan fingerprint density at radius 2 is 1.85 bits per heavy atom. The minimum Gasteiger partial charge on any atom is -0.464 e. The third-order valence-corrected chi connectivity index (χ3v) is 5.50. The summed E-state index contributed by atoms with van der Waals surface area (Å²) < 4.78 is 31.7. The Balaban J connectivity index is 1.71. The molecule has 0 amide bonds. The second kappa shape index (κ2) is 9.05. The van der Waals surface area contributed by atoms with Crippen molar-refractivity contribution in [2.75, 3.05) is 29.9 Å². The van der Waals surface area contributed by atoms with Gasteiger partial charge in [-0.05, 0) is 55.3 Å². The largest absolute Gasteiger partial charge is 0.464 e. The van der Waals surface area contributed by atoms with Crippen molar-refractivity contribution in [3.05, 3.63) is 77.6 Å². The standard InChI is InChI=1S/C25H26F2N4O2/c1-3-33-24(32)21-13-20(17-9-11-19(12-10-17)31-14-25(26,27)15-31)22(16(2)28)23(30-21)29-18-7-5-4-6-8-18/h4-13,21,28-30H,3,14-15H2,1-2H3. The van der Waals surface area contributed by atoms with Crippen molar-refractivity contribution < 1.29 is 18.3 Å². The Bertz CT molecular complexity index is 1100. The van der Waals surface area contributed by atoms with Crippen molar-refractivity contribution in [2.45, 2.75) is 25.8 Å². The van der Waals surface area contributed by atoms with Gasteiger partial charge in [-0.3, -0.25) is 0 Å². The van der Waals surface area contributed by atoms with E-state index in [-0.39, 0.29) is 19.7 Å². The van der Waals surface area contributed by atoms with Crippen molar-refractivity contribution in [3.63, 3.8) is 0 Å². The van der Waals surface area contributed by atoms with Gasteiger partial charge in [0.05, 0.1) is 19.7 Å². The van der Waals surface area contributed by atoms with E-state index in [2.05, 4.69) is 10.6 Å². The Morgan fingerprint density at radius 1 is 1.18 bits per heavy atom. The molecule has 1 fully saturated rings. The third-order valence-electron chi connectivity index (χ3n) is 5.50. The fraction of sp³-hybridized carbons (Fsp3) is 0.280. The fourth-order valence-electron chi connectivity index (χ4n) is 3.95. The van der Waals surface area contributed by atoms with Crippen molar-refractivity contribution in [3.8, 4) is 0 Å². The lowest BCUT2D eigenvalue weighted by molar-refractivity contribution is -0.144. The van der Waals surface area contributed by atoms with E-state index in [4.69, 9.17) is 10.1 Å². The number of nitrogens with one attached hydrogen (secondary N) is 3. The number of hydrogen-bond donors (Lipinski definition) is 3. The van der Waals surface area contributed by atoms with E-state index in [9.17, 15) is 13.6 Å². The molecule has 1 atom stereocenters. The molecule has 2 aromatic rings. The SMILES string of the molecule is CCOC(=O)C1C=C(c2ccc(N3CC(F)(F)C3)cc2)C(C(C)=N)=C(Nc2ccccc2)N1. The number of carbonyl (C=O) groups excluding carboxylic acids is 1. The number of alkyl halides is 2. The van der Waals surface area contributed by atoms with Gasteiger partial charge >= 0.3 is 5.97 Å². The molecule has 2 aromatic carbocycles. The van der Waals surface area contributed by atoms with Gasteiger partial charge in [0.1, 0.15) is 11.9 Å². The predicted octanol–water partition coefficient (Wildman–Crippen LogP) is 4.42. The molecule has 8 heteroatoms. The van der Waals surface area contributed by atoms with Crippen LogP contribution in [0.5, 0.6) is 0 Å². The Hall–Kier alpha value is -3.68. The molecule has 0 aromatic heterocycles. The van der Waals surface area contributed by atoms with Crippen LogP contribution in [0.1, 0.15) is 19.4 Å². The first-order valence-electron chi connectivity index (χ1n) is 10.8. The first-order chi connectivity index (χ1) is 15.8. The number of ether oxygens (including phenoxy) is 1. The molecule has 172 valence electrons. The smallest absolute Gasteiger partial charge is 0.332 e. The number of halogens is 2. The number of para-hydroxylation sites is 1.